The average Bonchev–Trinajstić information content (AvgIpc) is 3.04. The van der Waals surface area contributed by atoms with Crippen molar-refractivity contribution in [1.82, 2.24) is 18.7 Å². The molecule has 148 valence electrons. The van der Waals surface area contributed by atoms with E-state index in [-0.39, 0.29) is 17.2 Å². The van der Waals surface area contributed by atoms with Gasteiger partial charge in [0, 0.05) is 26.3 Å². The number of aryl methyl sites for hydroxylation is 4. The Labute approximate surface area is 166 Å². The average molecular weight is 401 g/mol. The minimum Gasteiger partial charge on any atom is -0.325 e. The number of amides is 1. The highest BCUT2D eigenvalue weighted by Gasteiger charge is 2.19. The van der Waals surface area contributed by atoms with Crippen molar-refractivity contribution in [3.05, 3.63) is 50.2 Å². The summed E-state index contributed by atoms with van der Waals surface area (Å²) in [5, 5.41) is 3.44. The van der Waals surface area contributed by atoms with E-state index in [1.165, 1.54) is 23.4 Å². The number of aromatic nitrogens is 4. The van der Waals surface area contributed by atoms with Gasteiger partial charge in [0.1, 0.15) is 0 Å². The molecule has 0 aliphatic rings. The number of nitrogens with zero attached hydrogens (tertiary/aromatic N) is 4. The number of fused-ring (bicyclic) bond motifs is 1. The zero-order valence-corrected chi connectivity index (χ0v) is 17.4. The molecule has 0 aliphatic carbocycles. The third-order valence-electron chi connectivity index (χ3n) is 4.62. The summed E-state index contributed by atoms with van der Waals surface area (Å²) >= 11 is 1.24. The van der Waals surface area contributed by atoms with E-state index in [4.69, 9.17) is 0 Å². The van der Waals surface area contributed by atoms with Gasteiger partial charge in [-0.05, 0) is 32.4 Å². The summed E-state index contributed by atoms with van der Waals surface area (Å²) in [6.45, 7) is 6.35. The van der Waals surface area contributed by atoms with Crippen LogP contribution >= 0.6 is 11.8 Å². The van der Waals surface area contributed by atoms with Crippen LogP contribution in [0.1, 0.15) is 18.1 Å². The number of rotatable bonds is 5. The van der Waals surface area contributed by atoms with Crippen molar-refractivity contribution in [3.63, 3.8) is 0 Å². The third kappa shape index (κ3) is 3.49. The molecule has 0 fully saturated rings. The number of thioether (sulfide) groups is 1. The summed E-state index contributed by atoms with van der Waals surface area (Å²) in [4.78, 5) is 41.5. The molecule has 0 aliphatic heterocycles. The van der Waals surface area contributed by atoms with Gasteiger partial charge in [0.05, 0.1) is 5.75 Å². The molecule has 1 aromatic carbocycles. The first-order valence-corrected chi connectivity index (χ1v) is 9.89. The fourth-order valence-electron chi connectivity index (χ4n) is 3.10. The summed E-state index contributed by atoms with van der Waals surface area (Å²) in [6, 6.07) is 5.84. The second-order valence-corrected chi connectivity index (χ2v) is 7.61. The normalized spacial score (nSPS) is 11.2. The number of imidazole rings is 1. The van der Waals surface area contributed by atoms with Crippen molar-refractivity contribution < 1.29 is 4.79 Å². The predicted octanol–water partition coefficient (Wildman–Crippen LogP) is 1.80. The molecule has 3 aromatic rings. The van der Waals surface area contributed by atoms with Crippen molar-refractivity contribution in [2.24, 2.45) is 14.1 Å². The van der Waals surface area contributed by atoms with Crippen LogP contribution in [0, 0.1) is 13.8 Å². The quantitative estimate of drug-likeness (QED) is 0.659. The number of carbonyl (C=O) groups excluding carboxylic acids is 1. The van der Waals surface area contributed by atoms with Crippen LogP contribution in [-0.4, -0.2) is 30.3 Å². The maximum Gasteiger partial charge on any atom is 0.332 e. The van der Waals surface area contributed by atoms with Crippen LogP contribution in [-0.2, 0) is 25.4 Å². The van der Waals surface area contributed by atoms with Gasteiger partial charge in [-0.3, -0.25) is 18.7 Å². The topological polar surface area (TPSA) is 90.9 Å². The van der Waals surface area contributed by atoms with E-state index in [1.54, 1.807) is 11.6 Å². The van der Waals surface area contributed by atoms with Crippen molar-refractivity contribution in [1.29, 1.82) is 0 Å². The summed E-state index contributed by atoms with van der Waals surface area (Å²) in [6.07, 6.45) is 0. The molecule has 8 nitrogen and oxygen atoms in total. The van der Waals surface area contributed by atoms with Crippen molar-refractivity contribution >= 4 is 34.5 Å². The number of hydrogen-bond acceptors (Lipinski definition) is 5. The van der Waals surface area contributed by atoms with E-state index in [0.29, 0.717) is 22.9 Å². The minimum absolute atomic E-state index is 0.144. The maximum atomic E-state index is 12.5. The molecule has 0 bridgehead atoms. The molecule has 0 atom stereocenters. The Morgan fingerprint density at radius 2 is 1.89 bits per heavy atom. The first-order valence-electron chi connectivity index (χ1n) is 8.90. The molecule has 2 aromatic heterocycles. The summed E-state index contributed by atoms with van der Waals surface area (Å²) in [7, 11) is 3.03. The Balaban J connectivity index is 1.87. The van der Waals surface area contributed by atoms with Crippen LogP contribution in [0.2, 0.25) is 0 Å². The molecular formula is C19H23N5O3S. The standard InChI is InChI=1S/C19H23N5O3S/c1-6-24-15-16(22(4)19(27)23(5)17(15)26)21-18(24)28-10-14(25)20-13-8-7-11(2)9-12(13)3/h7-9H,6,10H2,1-5H3,(H,20,25). The zero-order valence-electron chi connectivity index (χ0n) is 16.6. The van der Waals surface area contributed by atoms with Gasteiger partial charge in [-0.1, -0.05) is 29.5 Å². The molecule has 0 saturated carbocycles. The number of hydrogen-bond donors (Lipinski definition) is 1. The Hall–Kier alpha value is -2.81. The number of carbonyl (C=O) groups is 1. The summed E-state index contributed by atoms with van der Waals surface area (Å²) < 4.78 is 4.16. The lowest BCUT2D eigenvalue weighted by Crippen LogP contribution is -2.37. The molecule has 28 heavy (non-hydrogen) atoms. The van der Waals surface area contributed by atoms with Gasteiger partial charge in [0.2, 0.25) is 5.91 Å². The van der Waals surface area contributed by atoms with E-state index >= 15 is 0 Å². The van der Waals surface area contributed by atoms with Crippen LogP contribution in [0.4, 0.5) is 5.69 Å². The molecule has 0 saturated heterocycles. The molecule has 2 heterocycles. The molecule has 0 radical (unpaired) electrons. The van der Waals surface area contributed by atoms with E-state index < -0.39 is 5.69 Å². The van der Waals surface area contributed by atoms with Crippen LogP contribution in [0.5, 0.6) is 0 Å². The minimum atomic E-state index is -0.428. The van der Waals surface area contributed by atoms with Gasteiger partial charge in [0.15, 0.2) is 16.3 Å². The highest BCUT2D eigenvalue weighted by molar-refractivity contribution is 7.99. The molecule has 3 rings (SSSR count). The maximum absolute atomic E-state index is 12.5. The van der Waals surface area contributed by atoms with Gasteiger partial charge in [-0.2, -0.15) is 0 Å². The van der Waals surface area contributed by atoms with Crippen LogP contribution in [0.3, 0.4) is 0 Å². The summed E-state index contributed by atoms with van der Waals surface area (Å²) in [5.74, 6) is -0.0151. The number of nitrogens with one attached hydrogen (secondary N) is 1. The largest absolute Gasteiger partial charge is 0.332 e. The fourth-order valence-corrected chi connectivity index (χ4v) is 3.96. The molecule has 0 spiro atoms. The molecule has 1 N–H and O–H groups in total. The summed E-state index contributed by atoms with van der Waals surface area (Å²) in [5.41, 5.74) is 2.78. The van der Waals surface area contributed by atoms with Crippen molar-refractivity contribution in [2.45, 2.75) is 32.5 Å². The second-order valence-electron chi connectivity index (χ2n) is 6.67. The highest BCUT2D eigenvalue weighted by Crippen LogP contribution is 2.22. The van der Waals surface area contributed by atoms with Crippen molar-refractivity contribution in [3.8, 4) is 0 Å². The van der Waals surface area contributed by atoms with Gasteiger partial charge in [0.25, 0.3) is 5.56 Å². The molecule has 1 amide bonds. The van der Waals surface area contributed by atoms with Crippen LogP contribution in [0.25, 0.3) is 11.2 Å². The van der Waals surface area contributed by atoms with Crippen molar-refractivity contribution in [2.75, 3.05) is 11.1 Å². The van der Waals surface area contributed by atoms with Gasteiger partial charge < -0.3 is 9.88 Å². The molecule has 9 heteroatoms. The number of anilines is 1. The van der Waals surface area contributed by atoms with Gasteiger partial charge >= 0.3 is 5.69 Å². The first-order chi connectivity index (χ1) is 13.2. The van der Waals surface area contributed by atoms with Gasteiger partial charge in [-0.15, -0.1) is 0 Å². The zero-order chi connectivity index (χ0) is 20.6. The van der Waals surface area contributed by atoms with Gasteiger partial charge in [-0.25, -0.2) is 9.78 Å². The predicted molar refractivity (Wildman–Crippen MR) is 111 cm³/mol. The van der Waals surface area contributed by atoms with E-state index in [2.05, 4.69) is 10.3 Å². The fraction of sp³-hybridized carbons (Fsp3) is 0.368. The molecular weight excluding hydrogens is 378 g/mol. The van der Waals surface area contributed by atoms with Crippen LogP contribution in [0.15, 0.2) is 32.9 Å². The Morgan fingerprint density at radius 1 is 1.18 bits per heavy atom. The third-order valence-corrected chi connectivity index (χ3v) is 5.59. The highest BCUT2D eigenvalue weighted by atomic mass is 32.2. The number of benzene rings is 1. The van der Waals surface area contributed by atoms with Crippen LogP contribution < -0.4 is 16.6 Å². The lowest BCUT2D eigenvalue weighted by Gasteiger charge is -2.09. The lowest BCUT2D eigenvalue weighted by molar-refractivity contribution is -0.113. The lowest BCUT2D eigenvalue weighted by atomic mass is 10.1. The molecule has 0 unspecified atom stereocenters. The second kappa shape index (κ2) is 7.67. The smallest absolute Gasteiger partial charge is 0.325 e. The monoisotopic (exact) mass is 401 g/mol. The Kier molecular flexibility index (Phi) is 5.46. The SMILES string of the molecule is CCn1c(SCC(=O)Nc2ccc(C)cc2C)nc2c1c(=O)n(C)c(=O)n2C. The first kappa shape index (κ1) is 19.9. The van der Waals surface area contributed by atoms with E-state index in [1.807, 2.05) is 39.0 Å². The van der Waals surface area contributed by atoms with E-state index in [9.17, 15) is 14.4 Å². The Morgan fingerprint density at radius 3 is 2.54 bits per heavy atom. The van der Waals surface area contributed by atoms with E-state index in [0.717, 1.165) is 21.4 Å². The Bertz CT molecular complexity index is 1190.